The lowest BCUT2D eigenvalue weighted by molar-refractivity contribution is -0.140. The third-order valence-electron chi connectivity index (χ3n) is 6.39. The van der Waals surface area contributed by atoms with Crippen LogP contribution in [0.4, 0.5) is 0 Å². The number of carbonyl (C=O) groups excluding carboxylic acids is 1. The second-order valence-corrected chi connectivity index (χ2v) is 8.05. The molecular formula is C24H30N2O3. The van der Waals surface area contributed by atoms with Gasteiger partial charge in [-0.15, -0.1) is 0 Å². The summed E-state index contributed by atoms with van der Waals surface area (Å²) in [7, 11) is 1.57. The van der Waals surface area contributed by atoms with Crippen molar-refractivity contribution >= 4 is 5.91 Å². The molecule has 0 spiro atoms. The van der Waals surface area contributed by atoms with Crippen molar-refractivity contribution in [3.63, 3.8) is 0 Å². The first-order valence-corrected chi connectivity index (χ1v) is 10.5. The summed E-state index contributed by atoms with van der Waals surface area (Å²) in [5, 5.41) is 10.1. The average Bonchev–Trinajstić information content (AvgIpc) is 2.74. The van der Waals surface area contributed by atoms with E-state index in [-0.39, 0.29) is 37.1 Å². The molecular weight excluding hydrogens is 364 g/mol. The molecule has 2 aliphatic heterocycles. The van der Waals surface area contributed by atoms with Crippen LogP contribution in [0.1, 0.15) is 24.3 Å². The summed E-state index contributed by atoms with van der Waals surface area (Å²) < 4.78 is 5.07. The number of carbonyl (C=O) groups is 1. The summed E-state index contributed by atoms with van der Waals surface area (Å²) in [5.74, 6) is 0.292. The first-order chi connectivity index (χ1) is 14.2. The Morgan fingerprint density at radius 2 is 1.72 bits per heavy atom. The summed E-state index contributed by atoms with van der Waals surface area (Å²) in [6.07, 6.45) is 2.04. The van der Waals surface area contributed by atoms with Gasteiger partial charge in [0.1, 0.15) is 6.61 Å². The largest absolute Gasteiger partial charge is 0.395 e. The molecule has 4 rings (SSSR count). The third kappa shape index (κ3) is 4.08. The summed E-state index contributed by atoms with van der Waals surface area (Å²) in [5.41, 5.74) is 3.64. The van der Waals surface area contributed by atoms with Crippen LogP contribution in [0.2, 0.25) is 0 Å². The highest BCUT2D eigenvalue weighted by molar-refractivity contribution is 5.77. The standard InChI is InChI=1S/C24H30N2O3/c1-29-17-23(28)25-13-5-6-14-26-21(15-25)24(22(26)16-27)20-11-9-19(10-12-20)18-7-3-2-4-8-18/h2-4,7-12,21-22,24,27H,5-6,13-17H2,1H3/t21-,22+,24+/m1/s1. The van der Waals surface area contributed by atoms with Crippen LogP contribution in [0.25, 0.3) is 11.1 Å². The molecule has 0 aliphatic carbocycles. The topological polar surface area (TPSA) is 53.0 Å². The predicted octanol–water partition coefficient (Wildman–Crippen LogP) is 2.75. The van der Waals surface area contributed by atoms with Crippen LogP contribution in [-0.4, -0.2) is 72.9 Å². The van der Waals surface area contributed by atoms with Crippen LogP contribution in [-0.2, 0) is 9.53 Å². The number of benzene rings is 2. The Balaban J connectivity index is 1.56. The van der Waals surface area contributed by atoms with Crippen LogP contribution < -0.4 is 0 Å². The number of aliphatic hydroxyl groups is 1. The molecule has 0 aromatic heterocycles. The normalized spacial score (nSPS) is 24.9. The molecule has 2 aliphatic rings. The molecule has 2 saturated heterocycles. The monoisotopic (exact) mass is 394 g/mol. The van der Waals surface area contributed by atoms with Gasteiger partial charge in [-0.2, -0.15) is 0 Å². The van der Waals surface area contributed by atoms with Gasteiger partial charge in [-0.1, -0.05) is 54.6 Å². The second kappa shape index (κ2) is 9.08. The summed E-state index contributed by atoms with van der Waals surface area (Å²) in [6.45, 7) is 2.75. The fourth-order valence-corrected chi connectivity index (χ4v) is 4.91. The van der Waals surface area contributed by atoms with E-state index in [4.69, 9.17) is 4.74 Å². The van der Waals surface area contributed by atoms with E-state index in [1.54, 1.807) is 7.11 Å². The highest BCUT2D eigenvalue weighted by atomic mass is 16.5. The molecule has 3 atom stereocenters. The molecule has 1 N–H and O–H groups in total. The van der Waals surface area contributed by atoms with Crippen molar-refractivity contribution in [3.05, 3.63) is 60.2 Å². The summed E-state index contributed by atoms with van der Waals surface area (Å²) in [4.78, 5) is 16.8. The first-order valence-electron chi connectivity index (χ1n) is 10.5. The van der Waals surface area contributed by atoms with Gasteiger partial charge in [0.25, 0.3) is 0 Å². The van der Waals surface area contributed by atoms with Gasteiger partial charge in [0.15, 0.2) is 0 Å². The van der Waals surface area contributed by atoms with Crippen molar-refractivity contribution in [2.75, 3.05) is 40.0 Å². The lowest BCUT2D eigenvalue weighted by Crippen LogP contribution is -2.68. The minimum Gasteiger partial charge on any atom is -0.395 e. The quantitative estimate of drug-likeness (QED) is 0.847. The highest BCUT2D eigenvalue weighted by Gasteiger charge is 2.49. The molecule has 0 saturated carbocycles. The van der Waals surface area contributed by atoms with Crippen molar-refractivity contribution in [1.29, 1.82) is 0 Å². The Morgan fingerprint density at radius 3 is 2.41 bits per heavy atom. The molecule has 2 fully saturated rings. The van der Waals surface area contributed by atoms with Crippen LogP contribution in [0.5, 0.6) is 0 Å². The number of hydrogen-bond acceptors (Lipinski definition) is 4. The minimum atomic E-state index is 0.0555. The van der Waals surface area contributed by atoms with Crippen molar-refractivity contribution < 1.29 is 14.6 Å². The molecule has 5 nitrogen and oxygen atoms in total. The zero-order valence-corrected chi connectivity index (χ0v) is 17.0. The van der Waals surface area contributed by atoms with Gasteiger partial charge in [-0.3, -0.25) is 9.69 Å². The number of amides is 1. The summed E-state index contributed by atoms with van der Waals surface area (Å²) >= 11 is 0. The maximum atomic E-state index is 12.5. The maximum absolute atomic E-state index is 12.5. The number of aliphatic hydroxyl groups excluding tert-OH is 1. The molecule has 2 aromatic carbocycles. The highest BCUT2D eigenvalue weighted by Crippen LogP contribution is 2.42. The molecule has 154 valence electrons. The Morgan fingerprint density at radius 1 is 1.03 bits per heavy atom. The van der Waals surface area contributed by atoms with Crippen molar-refractivity contribution in [2.45, 2.75) is 30.8 Å². The van der Waals surface area contributed by atoms with Crippen molar-refractivity contribution in [3.8, 4) is 11.1 Å². The summed E-state index contributed by atoms with van der Waals surface area (Å²) in [6, 6.07) is 19.4. The number of fused-ring (bicyclic) bond motifs is 1. The Bertz CT molecular complexity index is 809. The maximum Gasteiger partial charge on any atom is 0.248 e. The third-order valence-corrected chi connectivity index (χ3v) is 6.39. The Kier molecular flexibility index (Phi) is 6.28. The van der Waals surface area contributed by atoms with E-state index in [1.807, 2.05) is 11.0 Å². The lowest BCUT2D eigenvalue weighted by atomic mass is 9.74. The average molecular weight is 395 g/mol. The molecule has 1 amide bonds. The van der Waals surface area contributed by atoms with Crippen LogP contribution in [0, 0.1) is 0 Å². The zero-order chi connectivity index (χ0) is 20.2. The van der Waals surface area contributed by atoms with E-state index < -0.39 is 0 Å². The number of nitrogens with zero attached hydrogens (tertiary/aromatic N) is 2. The molecule has 0 unspecified atom stereocenters. The van der Waals surface area contributed by atoms with Gasteiger partial charge in [-0.25, -0.2) is 0 Å². The van der Waals surface area contributed by atoms with Crippen LogP contribution in [0.3, 0.4) is 0 Å². The van der Waals surface area contributed by atoms with Crippen molar-refractivity contribution in [1.82, 2.24) is 9.80 Å². The molecule has 0 bridgehead atoms. The van der Waals surface area contributed by atoms with E-state index in [2.05, 4.69) is 53.4 Å². The fraction of sp³-hybridized carbons (Fsp3) is 0.458. The van der Waals surface area contributed by atoms with Crippen LogP contribution >= 0.6 is 0 Å². The van der Waals surface area contributed by atoms with Gasteiger partial charge in [0, 0.05) is 38.2 Å². The number of ether oxygens (including phenoxy) is 1. The number of rotatable bonds is 5. The Labute approximate surface area is 172 Å². The van der Waals surface area contributed by atoms with Gasteiger partial charge >= 0.3 is 0 Å². The predicted molar refractivity (Wildman–Crippen MR) is 114 cm³/mol. The van der Waals surface area contributed by atoms with Gasteiger partial charge in [0.2, 0.25) is 5.91 Å². The van der Waals surface area contributed by atoms with E-state index in [0.717, 1.165) is 25.9 Å². The van der Waals surface area contributed by atoms with Gasteiger partial charge in [0.05, 0.1) is 6.61 Å². The van der Waals surface area contributed by atoms with E-state index in [0.29, 0.717) is 6.54 Å². The number of methoxy groups -OCH3 is 1. The van der Waals surface area contributed by atoms with Crippen molar-refractivity contribution in [2.24, 2.45) is 0 Å². The first kappa shape index (κ1) is 20.1. The fourth-order valence-electron chi connectivity index (χ4n) is 4.91. The SMILES string of the molecule is COCC(=O)N1CCCCN2[C@H](C1)[C@H](c1ccc(-c3ccccc3)cc1)[C@@H]2CO. The molecule has 29 heavy (non-hydrogen) atoms. The number of hydrogen-bond donors (Lipinski definition) is 1. The van der Waals surface area contributed by atoms with Crippen LogP contribution in [0.15, 0.2) is 54.6 Å². The minimum absolute atomic E-state index is 0.0555. The van der Waals surface area contributed by atoms with E-state index in [1.165, 1.54) is 16.7 Å². The zero-order valence-electron chi connectivity index (χ0n) is 17.0. The molecule has 5 heteroatoms. The van der Waals surface area contributed by atoms with Gasteiger partial charge < -0.3 is 14.7 Å². The van der Waals surface area contributed by atoms with E-state index in [9.17, 15) is 9.90 Å². The molecule has 2 heterocycles. The smallest absolute Gasteiger partial charge is 0.248 e. The second-order valence-electron chi connectivity index (χ2n) is 8.05. The lowest BCUT2D eigenvalue weighted by Gasteiger charge is -2.57. The van der Waals surface area contributed by atoms with Gasteiger partial charge in [-0.05, 0) is 36.1 Å². The Hall–Kier alpha value is -2.21. The van der Waals surface area contributed by atoms with E-state index >= 15 is 0 Å². The molecule has 2 aromatic rings. The molecule has 0 radical (unpaired) electrons.